The van der Waals surface area contributed by atoms with Gasteiger partial charge in [-0.15, -0.1) is 0 Å². The highest BCUT2D eigenvalue weighted by atomic mass is 35.5. The van der Waals surface area contributed by atoms with Crippen molar-refractivity contribution in [2.75, 3.05) is 6.54 Å². The summed E-state index contributed by atoms with van der Waals surface area (Å²) in [5.41, 5.74) is 1.90. The van der Waals surface area contributed by atoms with Crippen molar-refractivity contribution >= 4 is 11.6 Å². The second-order valence-electron chi connectivity index (χ2n) is 7.08. The summed E-state index contributed by atoms with van der Waals surface area (Å²) in [6.45, 7) is 7.82. The Bertz CT molecular complexity index is 414. The molecule has 1 aromatic carbocycles. The van der Waals surface area contributed by atoms with Crippen LogP contribution in [0, 0.1) is 5.41 Å². The van der Waals surface area contributed by atoms with Crippen molar-refractivity contribution < 1.29 is 0 Å². The van der Waals surface area contributed by atoms with Gasteiger partial charge in [0.2, 0.25) is 0 Å². The first-order valence-electron chi connectivity index (χ1n) is 7.39. The van der Waals surface area contributed by atoms with Crippen molar-refractivity contribution in [2.24, 2.45) is 5.41 Å². The first-order valence-corrected chi connectivity index (χ1v) is 7.77. The van der Waals surface area contributed by atoms with Crippen molar-refractivity contribution in [2.45, 2.75) is 58.4 Å². The fourth-order valence-electron chi connectivity index (χ4n) is 3.04. The third-order valence-electron chi connectivity index (χ3n) is 4.18. The molecule has 0 heterocycles. The lowest BCUT2D eigenvalue weighted by Crippen LogP contribution is -2.43. The fraction of sp³-hybridized carbons (Fsp3) is 0.647. The molecular weight excluding hydrogens is 254 g/mol. The zero-order valence-electron chi connectivity index (χ0n) is 12.4. The Morgan fingerprint density at radius 2 is 1.79 bits per heavy atom. The summed E-state index contributed by atoms with van der Waals surface area (Å²) in [5.74, 6) is 0. The Morgan fingerprint density at radius 1 is 1.16 bits per heavy atom. The minimum absolute atomic E-state index is 0.191. The standard InChI is InChI=1S/C17H26ClN/c1-16(2,3)19-13-17(10-6-7-11-17)12-14-8-4-5-9-15(14)18/h4-5,8-9,19H,6-7,10-13H2,1-3H3. The maximum atomic E-state index is 6.33. The van der Waals surface area contributed by atoms with Crippen LogP contribution in [0.15, 0.2) is 24.3 Å². The first-order chi connectivity index (χ1) is 8.90. The van der Waals surface area contributed by atoms with Crippen LogP contribution in [-0.2, 0) is 6.42 Å². The van der Waals surface area contributed by atoms with Crippen molar-refractivity contribution in [3.05, 3.63) is 34.9 Å². The molecule has 2 heteroatoms. The zero-order valence-corrected chi connectivity index (χ0v) is 13.2. The van der Waals surface area contributed by atoms with Gasteiger partial charge in [-0.1, -0.05) is 42.6 Å². The second kappa shape index (κ2) is 5.85. The van der Waals surface area contributed by atoms with Crippen molar-refractivity contribution in [1.29, 1.82) is 0 Å². The molecule has 1 nitrogen and oxygen atoms in total. The van der Waals surface area contributed by atoms with E-state index in [-0.39, 0.29) is 5.54 Å². The summed E-state index contributed by atoms with van der Waals surface area (Å²) in [6, 6.07) is 8.30. The SMILES string of the molecule is CC(C)(C)NCC1(Cc2ccccc2Cl)CCCC1. The number of hydrogen-bond acceptors (Lipinski definition) is 1. The van der Waals surface area contributed by atoms with Gasteiger partial charge in [0.05, 0.1) is 0 Å². The highest BCUT2D eigenvalue weighted by molar-refractivity contribution is 6.31. The second-order valence-corrected chi connectivity index (χ2v) is 7.49. The first kappa shape index (κ1) is 14.9. The van der Waals surface area contributed by atoms with E-state index < -0.39 is 0 Å². The minimum Gasteiger partial charge on any atom is -0.312 e. The van der Waals surface area contributed by atoms with Gasteiger partial charge in [-0.05, 0) is 57.1 Å². The summed E-state index contributed by atoms with van der Waals surface area (Å²) in [4.78, 5) is 0. The summed E-state index contributed by atoms with van der Waals surface area (Å²) < 4.78 is 0. The molecule has 0 aliphatic heterocycles. The van der Waals surface area contributed by atoms with Crippen LogP contribution in [0.5, 0.6) is 0 Å². The number of halogens is 1. The monoisotopic (exact) mass is 279 g/mol. The van der Waals surface area contributed by atoms with Crippen LogP contribution in [0.4, 0.5) is 0 Å². The fourth-order valence-corrected chi connectivity index (χ4v) is 3.24. The average molecular weight is 280 g/mol. The molecule has 2 rings (SSSR count). The van der Waals surface area contributed by atoms with E-state index in [1.54, 1.807) is 0 Å². The molecule has 0 aromatic heterocycles. The van der Waals surface area contributed by atoms with Crippen LogP contribution >= 0.6 is 11.6 Å². The van der Waals surface area contributed by atoms with E-state index in [4.69, 9.17) is 11.6 Å². The zero-order chi connectivity index (χ0) is 13.9. The third-order valence-corrected chi connectivity index (χ3v) is 4.55. The number of nitrogens with one attached hydrogen (secondary N) is 1. The van der Waals surface area contributed by atoms with Crippen LogP contribution in [0.2, 0.25) is 5.02 Å². The molecule has 1 aliphatic carbocycles. The highest BCUT2D eigenvalue weighted by Crippen LogP contribution is 2.41. The van der Waals surface area contributed by atoms with E-state index in [1.165, 1.54) is 31.2 Å². The van der Waals surface area contributed by atoms with Crippen LogP contribution in [0.25, 0.3) is 0 Å². The molecule has 1 N–H and O–H groups in total. The quantitative estimate of drug-likeness (QED) is 0.832. The van der Waals surface area contributed by atoms with E-state index >= 15 is 0 Å². The molecular formula is C17H26ClN. The van der Waals surface area contributed by atoms with Gasteiger partial charge in [-0.25, -0.2) is 0 Å². The molecule has 0 atom stereocenters. The maximum absolute atomic E-state index is 6.33. The number of rotatable bonds is 4. The lowest BCUT2D eigenvalue weighted by molar-refractivity contribution is 0.245. The molecule has 1 fully saturated rings. The van der Waals surface area contributed by atoms with Gasteiger partial charge in [0.25, 0.3) is 0 Å². The molecule has 0 spiro atoms. The van der Waals surface area contributed by atoms with E-state index in [0.29, 0.717) is 5.41 Å². The average Bonchev–Trinajstić information content (AvgIpc) is 2.78. The Morgan fingerprint density at radius 3 is 2.37 bits per heavy atom. The largest absolute Gasteiger partial charge is 0.312 e. The van der Waals surface area contributed by atoms with Crippen molar-refractivity contribution in [3.63, 3.8) is 0 Å². The predicted octanol–water partition coefficient (Wildman–Crippen LogP) is 4.83. The molecule has 1 aromatic rings. The van der Waals surface area contributed by atoms with Gasteiger partial charge in [0.15, 0.2) is 0 Å². The molecule has 0 bridgehead atoms. The van der Waals surface area contributed by atoms with Crippen molar-refractivity contribution in [3.8, 4) is 0 Å². The molecule has 19 heavy (non-hydrogen) atoms. The van der Waals surface area contributed by atoms with Gasteiger partial charge in [-0.2, -0.15) is 0 Å². The molecule has 0 unspecified atom stereocenters. The van der Waals surface area contributed by atoms with Crippen LogP contribution < -0.4 is 5.32 Å². The summed E-state index contributed by atoms with van der Waals surface area (Å²) in [7, 11) is 0. The number of benzene rings is 1. The molecule has 1 saturated carbocycles. The maximum Gasteiger partial charge on any atom is 0.0438 e. The number of hydrogen-bond donors (Lipinski definition) is 1. The Kier molecular flexibility index (Phi) is 4.58. The van der Waals surface area contributed by atoms with Gasteiger partial charge in [0.1, 0.15) is 0 Å². The summed E-state index contributed by atoms with van der Waals surface area (Å²) >= 11 is 6.33. The van der Waals surface area contributed by atoms with Crippen molar-refractivity contribution in [1.82, 2.24) is 5.32 Å². The van der Waals surface area contributed by atoms with Gasteiger partial charge < -0.3 is 5.32 Å². The molecule has 106 valence electrons. The van der Waals surface area contributed by atoms with E-state index in [9.17, 15) is 0 Å². The van der Waals surface area contributed by atoms with E-state index in [0.717, 1.165) is 18.0 Å². The topological polar surface area (TPSA) is 12.0 Å². The summed E-state index contributed by atoms with van der Waals surface area (Å²) in [5, 5.41) is 4.62. The van der Waals surface area contributed by atoms with E-state index in [2.05, 4.69) is 38.2 Å². The minimum atomic E-state index is 0.191. The Balaban J connectivity index is 2.10. The van der Waals surface area contributed by atoms with Gasteiger partial charge >= 0.3 is 0 Å². The molecule has 0 saturated heterocycles. The smallest absolute Gasteiger partial charge is 0.0438 e. The van der Waals surface area contributed by atoms with Gasteiger partial charge in [-0.3, -0.25) is 0 Å². The molecule has 0 amide bonds. The predicted molar refractivity (Wildman–Crippen MR) is 83.8 cm³/mol. The normalized spacial score (nSPS) is 18.7. The third kappa shape index (κ3) is 4.22. The van der Waals surface area contributed by atoms with Crippen LogP contribution in [0.3, 0.4) is 0 Å². The van der Waals surface area contributed by atoms with Crippen LogP contribution in [-0.4, -0.2) is 12.1 Å². The lowest BCUT2D eigenvalue weighted by atomic mass is 9.79. The van der Waals surface area contributed by atoms with E-state index in [1.807, 2.05) is 12.1 Å². The van der Waals surface area contributed by atoms with Crippen LogP contribution in [0.1, 0.15) is 52.0 Å². The summed E-state index contributed by atoms with van der Waals surface area (Å²) in [6.07, 6.45) is 6.46. The lowest BCUT2D eigenvalue weighted by Gasteiger charge is -2.34. The van der Waals surface area contributed by atoms with Gasteiger partial charge in [0, 0.05) is 17.1 Å². The molecule has 0 radical (unpaired) electrons. The Hall–Kier alpha value is -0.530. The Labute approximate surface area is 122 Å². The highest BCUT2D eigenvalue weighted by Gasteiger charge is 2.35. The molecule has 1 aliphatic rings.